The van der Waals surface area contributed by atoms with Gasteiger partial charge in [0.1, 0.15) is 11.8 Å². The summed E-state index contributed by atoms with van der Waals surface area (Å²) in [6.07, 6.45) is 4.01. The molecule has 0 radical (unpaired) electrons. The first-order valence-electron chi connectivity index (χ1n) is 9.22. The average Bonchev–Trinajstić information content (AvgIpc) is 2.90. The van der Waals surface area contributed by atoms with E-state index in [2.05, 4.69) is 5.32 Å². The maximum atomic E-state index is 12.9. The van der Waals surface area contributed by atoms with E-state index < -0.39 is 29.7 Å². The Hall–Kier alpha value is -2.74. The van der Waals surface area contributed by atoms with Crippen molar-refractivity contribution in [2.75, 3.05) is 13.2 Å². The van der Waals surface area contributed by atoms with Crippen LogP contribution in [0.15, 0.2) is 18.2 Å². The molecule has 0 aromatic heterocycles. The summed E-state index contributed by atoms with van der Waals surface area (Å²) in [5, 5.41) is 2.18. The lowest BCUT2D eigenvalue weighted by molar-refractivity contribution is -0.136. The number of fused-ring (bicyclic) bond motifs is 1. The zero-order chi connectivity index (χ0) is 19.4. The number of nitrogens with one attached hydrogen (secondary N) is 1. The number of hydrogen-bond donors (Lipinski definition) is 2. The predicted octanol–water partition coefficient (Wildman–Crippen LogP) is 0.986. The molecule has 1 unspecified atom stereocenters. The molecule has 0 spiro atoms. The van der Waals surface area contributed by atoms with Crippen molar-refractivity contribution in [2.45, 2.75) is 44.6 Å². The van der Waals surface area contributed by atoms with Crippen LogP contribution in [0.2, 0.25) is 0 Å². The predicted molar refractivity (Wildman–Crippen MR) is 96.1 cm³/mol. The van der Waals surface area contributed by atoms with E-state index in [1.807, 2.05) is 0 Å². The first kappa shape index (κ1) is 19.0. The van der Waals surface area contributed by atoms with E-state index in [1.54, 1.807) is 18.2 Å². The van der Waals surface area contributed by atoms with Gasteiger partial charge in [0.25, 0.3) is 11.8 Å². The molecule has 0 aliphatic carbocycles. The molecule has 2 aliphatic rings. The van der Waals surface area contributed by atoms with Gasteiger partial charge in [-0.1, -0.05) is 18.9 Å². The van der Waals surface area contributed by atoms with Crippen molar-refractivity contribution in [3.63, 3.8) is 0 Å². The highest BCUT2D eigenvalue weighted by Crippen LogP contribution is 2.33. The first-order valence-corrected chi connectivity index (χ1v) is 9.22. The second-order valence-corrected chi connectivity index (χ2v) is 6.68. The fourth-order valence-corrected chi connectivity index (χ4v) is 3.39. The number of nitrogens with two attached hydrogens (primary N) is 1. The number of carbonyl (C=O) groups is 4. The fraction of sp³-hybridized carbons (Fsp3) is 0.474. The highest BCUT2D eigenvalue weighted by atomic mass is 16.5. The summed E-state index contributed by atoms with van der Waals surface area (Å²) in [6.45, 7) is 1.10. The highest BCUT2D eigenvalue weighted by molar-refractivity contribution is 6.24. The molecule has 2 heterocycles. The van der Waals surface area contributed by atoms with Crippen molar-refractivity contribution in [3.8, 4) is 5.75 Å². The van der Waals surface area contributed by atoms with E-state index in [9.17, 15) is 19.2 Å². The molecule has 8 nitrogen and oxygen atoms in total. The topological polar surface area (TPSA) is 119 Å². The summed E-state index contributed by atoms with van der Waals surface area (Å²) in [5.41, 5.74) is 5.88. The van der Waals surface area contributed by atoms with Gasteiger partial charge in [0.2, 0.25) is 11.8 Å². The second-order valence-electron chi connectivity index (χ2n) is 6.68. The molecule has 3 N–H and O–H groups in total. The van der Waals surface area contributed by atoms with Crippen LogP contribution in [0.3, 0.4) is 0 Å². The molecule has 1 aromatic carbocycles. The summed E-state index contributed by atoms with van der Waals surface area (Å²) in [7, 11) is 0. The number of ether oxygens (including phenoxy) is 1. The van der Waals surface area contributed by atoms with Crippen LogP contribution in [0.25, 0.3) is 0 Å². The summed E-state index contributed by atoms with van der Waals surface area (Å²) in [6, 6.07) is 3.88. The van der Waals surface area contributed by atoms with Crippen molar-refractivity contribution in [3.05, 3.63) is 29.3 Å². The Morgan fingerprint density at radius 2 is 1.85 bits per heavy atom. The molecule has 3 rings (SSSR count). The molecule has 144 valence electrons. The maximum Gasteiger partial charge on any atom is 0.266 e. The van der Waals surface area contributed by atoms with Crippen molar-refractivity contribution in [1.82, 2.24) is 10.2 Å². The molecule has 1 atom stereocenters. The van der Waals surface area contributed by atoms with Gasteiger partial charge < -0.3 is 10.5 Å². The molecule has 1 aromatic rings. The molecule has 27 heavy (non-hydrogen) atoms. The van der Waals surface area contributed by atoms with E-state index in [0.29, 0.717) is 18.9 Å². The van der Waals surface area contributed by atoms with Crippen molar-refractivity contribution >= 4 is 23.6 Å². The third-order valence-electron chi connectivity index (χ3n) is 4.79. The van der Waals surface area contributed by atoms with Crippen LogP contribution < -0.4 is 15.8 Å². The van der Waals surface area contributed by atoms with Crippen LogP contribution >= 0.6 is 0 Å². The minimum absolute atomic E-state index is 0.0932. The highest BCUT2D eigenvalue weighted by Gasteiger charge is 2.45. The number of hydrogen-bond acceptors (Lipinski definition) is 6. The second kappa shape index (κ2) is 8.30. The average molecular weight is 373 g/mol. The van der Waals surface area contributed by atoms with Gasteiger partial charge >= 0.3 is 0 Å². The van der Waals surface area contributed by atoms with Gasteiger partial charge in [-0.05, 0) is 37.9 Å². The van der Waals surface area contributed by atoms with Crippen molar-refractivity contribution < 1.29 is 23.9 Å². The Balaban J connectivity index is 1.72. The molecule has 1 fully saturated rings. The maximum absolute atomic E-state index is 12.9. The van der Waals surface area contributed by atoms with E-state index in [4.69, 9.17) is 10.5 Å². The Morgan fingerprint density at radius 3 is 2.59 bits per heavy atom. The summed E-state index contributed by atoms with van der Waals surface area (Å²) < 4.78 is 5.74. The first-order chi connectivity index (χ1) is 13.0. The third kappa shape index (κ3) is 3.85. The van der Waals surface area contributed by atoms with Gasteiger partial charge in [-0.3, -0.25) is 29.4 Å². The molecular weight excluding hydrogens is 350 g/mol. The molecule has 1 saturated heterocycles. The van der Waals surface area contributed by atoms with Crippen LogP contribution in [0.1, 0.15) is 59.2 Å². The molecular formula is C19H23N3O5. The zero-order valence-corrected chi connectivity index (χ0v) is 15.0. The number of rotatable bonds is 8. The number of carbonyl (C=O) groups excluding carboxylic acids is 4. The Morgan fingerprint density at radius 1 is 1.07 bits per heavy atom. The van der Waals surface area contributed by atoms with E-state index in [-0.39, 0.29) is 24.0 Å². The van der Waals surface area contributed by atoms with Gasteiger partial charge in [-0.15, -0.1) is 0 Å². The number of amides is 4. The van der Waals surface area contributed by atoms with Crippen LogP contribution in [0.4, 0.5) is 0 Å². The molecule has 8 heteroatoms. The lowest BCUT2D eigenvalue weighted by atomic mass is 10.0. The quantitative estimate of drug-likeness (QED) is 0.518. The largest absolute Gasteiger partial charge is 0.493 e. The number of benzene rings is 1. The number of nitrogens with zero attached hydrogens (tertiary/aromatic N) is 1. The van der Waals surface area contributed by atoms with Crippen LogP contribution in [0.5, 0.6) is 5.75 Å². The Labute approximate surface area is 157 Å². The van der Waals surface area contributed by atoms with Gasteiger partial charge in [0.05, 0.1) is 17.7 Å². The number of imide groups is 2. The van der Waals surface area contributed by atoms with Crippen LogP contribution in [-0.4, -0.2) is 47.7 Å². The van der Waals surface area contributed by atoms with E-state index >= 15 is 0 Å². The Bertz CT molecular complexity index is 777. The van der Waals surface area contributed by atoms with E-state index in [0.717, 1.165) is 30.6 Å². The van der Waals surface area contributed by atoms with Gasteiger partial charge in [0, 0.05) is 6.42 Å². The number of unbranched alkanes of at least 4 members (excludes halogenated alkanes) is 3. The number of piperidine rings is 1. The van der Waals surface area contributed by atoms with Gasteiger partial charge in [-0.25, -0.2) is 0 Å². The smallest absolute Gasteiger partial charge is 0.266 e. The van der Waals surface area contributed by atoms with Crippen molar-refractivity contribution in [2.24, 2.45) is 5.73 Å². The summed E-state index contributed by atoms with van der Waals surface area (Å²) in [5.74, 6) is -1.75. The van der Waals surface area contributed by atoms with Crippen LogP contribution in [-0.2, 0) is 9.59 Å². The molecule has 0 saturated carbocycles. The molecule has 2 aliphatic heterocycles. The minimum atomic E-state index is -0.973. The van der Waals surface area contributed by atoms with Gasteiger partial charge in [0.15, 0.2) is 0 Å². The zero-order valence-electron chi connectivity index (χ0n) is 15.0. The lowest BCUT2D eigenvalue weighted by Gasteiger charge is -2.27. The van der Waals surface area contributed by atoms with Crippen LogP contribution in [0, 0.1) is 0 Å². The minimum Gasteiger partial charge on any atom is -0.493 e. The molecule has 0 bridgehead atoms. The molecule has 4 amide bonds. The van der Waals surface area contributed by atoms with Crippen molar-refractivity contribution in [1.29, 1.82) is 0 Å². The normalized spacial score (nSPS) is 19.3. The SMILES string of the molecule is NCCCCCCOc1cccc2c1C(=O)N(C1CCC(=O)NC1=O)C2=O. The summed E-state index contributed by atoms with van der Waals surface area (Å²) in [4.78, 5) is 50.0. The van der Waals surface area contributed by atoms with Gasteiger partial charge in [-0.2, -0.15) is 0 Å². The summed E-state index contributed by atoms with van der Waals surface area (Å²) >= 11 is 0. The standard InChI is InChI=1S/C19H23N3O5/c20-10-3-1-2-4-11-27-14-7-5-6-12-16(14)19(26)22(18(12)25)13-8-9-15(23)21-17(13)24/h5-7,13H,1-4,8-11,20H2,(H,21,23,24). The fourth-order valence-electron chi connectivity index (χ4n) is 3.39. The third-order valence-corrected chi connectivity index (χ3v) is 4.79. The van der Waals surface area contributed by atoms with E-state index in [1.165, 1.54) is 0 Å². The lowest BCUT2D eigenvalue weighted by Crippen LogP contribution is -2.54. The Kier molecular flexibility index (Phi) is 5.85. The monoisotopic (exact) mass is 373 g/mol.